The Morgan fingerprint density at radius 1 is 1.19 bits per heavy atom. The molecule has 6 nitrogen and oxygen atoms in total. The second-order valence-corrected chi connectivity index (χ2v) is 7.72. The number of para-hydroxylation sites is 1. The quantitative estimate of drug-likeness (QED) is 0.684. The van der Waals surface area contributed by atoms with Crippen LogP contribution in [0.25, 0.3) is 11.0 Å². The zero-order valence-electron chi connectivity index (χ0n) is 15.6. The molecule has 1 unspecified atom stereocenters. The van der Waals surface area contributed by atoms with Crippen molar-refractivity contribution >= 4 is 11.0 Å². The third-order valence-electron chi connectivity index (χ3n) is 5.74. The molecule has 142 valence electrons. The monoisotopic (exact) mass is 369 g/mol. The van der Waals surface area contributed by atoms with Gasteiger partial charge in [0.15, 0.2) is 11.6 Å². The minimum absolute atomic E-state index is 0.253. The fourth-order valence-electron chi connectivity index (χ4n) is 4.15. The number of fused-ring (bicyclic) bond motifs is 1. The van der Waals surface area contributed by atoms with E-state index in [9.17, 15) is 4.39 Å². The molecular weight excluding hydrogens is 345 g/mol. The van der Waals surface area contributed by atoms with Gasteiger partial charge in [0.2, 0.25) is 5.89 Å². The maximum absolute atomic E-state index is 14.1. The molecule has 7 heteroatoms. The first-order chi connectivity index (χ1) is 13.2. The lowest BCUT2D eigenvalue weighted by Crippen LogP contribution is -2.35. The van der Waals surface area contributed by atoms with Crippen LogP contribution in [0.4, 0.5) is 4.39 Å². The third kappa shape index (κ3) is 3.14. The minimum atomic E-state index is -0.253. The van der Waals surface area contributed by atoms with Gasteiger partial charge in [-0.1, -0.05) is 11.2 Å². The molecule has 0 amide bonds. The predicted octanol–water partition coefficient (Wildman–Crippen LogP) is 3.84. The van der Waals surface area contributed by atoms with Crippen molar-refractivity contribution in [1.82, 2.24) is 24.6 Å². The molecule has 0 N–H and O–H groups in total. The Morgan fingerprint density at radius 3 is 2.89 bits per heavy atom. The van der Waals surface area contributed by atoms with E-state index < -0.39 is 0 Å². The number of imidazole rings is 1. The fraction of sp³-hybridized carbons (Fsp3) is 0.550. The molecule has 1 saturated carbocycles. The highest BCUT2D eigenvalue weighted by molar-refractivity contribution is 5.76. The zero-order valence-corrected chi connectivity index (χ0v) is 15.6. The normalized spacial score (nSPS) is 21.2. The molecule has 1 atom stereocenters. The van der Waals surface area contributed by atoms with Gasteiger partial charge in [0.25, 0.3) is 0 Å². The van der Waals surface area contributed by atoms with Crippen molar-refractivity contribution in [2.45, 2.75) is 57.5 Å². The number of nitrogens with zero attached hydrogens (tertiary/aromatic N) is 5. The average Bonchev–Trinajstić information content (AvgIpc) is 3.29. The molecule has 2 aromatic heterocycles. The summed E-state index contributed by atoms with van der Waals surface area (Å²) >= 11 is 0. The molecule has 0 spiro atoms. The van der Waals surface area contributed by atoms with Gasteiger partial charge >= 0.3 is 0 Å². The van der Waals surface area contributed by atoms with Gasteiger partial charge in [0, 0.05) is 24.9 Å². The molecular formula is C20H24FN5O. The van der Waals surface area contributed by atoms with Gasteiger partial charge < -0.3 is 9.09 Å². The Kier molecular flexibility index (Phi) is 4.19. The summed E-state index contributed by atoms with van der Waals surface area (Å²) in [4.78, 5) is 11.6. The highest BCUT2D eigenvalue weighted by atomic mass is 19.1. The summed E-state index contributed by atoms with van der Waals surface area (Å²) in [6, 6.07) is 5.17. The van der Waals surface area contributed by atoms with Crippen LogP contribution in [0.2, 0.25) is 0 Å². The highest BCUT2D eigenvalue weighted by Crippen LogP contribution is 2.39. The van der Waals surface area contributed by atoms with Crippen molar-refractivity contribution in [3.05, 3.63) is 41.6 Å². The number of aryl methyl sites for hydroxylation is 1. The van der Waals surface area contributed by atoms with E-state index in [4.69, 9.17) is 4.52 Å². The van der Waals surface area contributed by atoms with Crippen LogP contribution in [0.3, 0.4) is 0 Å². The van der Waals surface area contributed by atoms with Crippen molar-refractivity contribution in [2.75, 3.05) is 13.1 Å². The van der Waals surface area contributed by atoms with Gasteiger partial charge in [0.1, 0.15) is 11.3 Å². The molecule has 5 rings (SSSR count). The van der Waals surface area contributed by atoms with Gasteiger partial charge in [-0.05, 0) is 51.3 Å². The Hall–Kier alpha value is -2.28. The standard InChI is InChI=1S/C20H24FN5O/c1-2-26-16-7-3-6-15(21)18(16)22-17(26)12-25-10-4-5-14(11-25)19-23-20(27-24-19)13-8-9-13/h3,6-7,13-14H,2,4-5,8-12H2,1H3. The van der Waals surface area contributed by atoms with Gasteiger partial charge in [-0.25, -0.2) is 9.37 Å². The van der Waals surface area contributed by atoms with E-state index in [0.29, 0.717) is 23.9 Å². The van der Waals surface area contributed by atoms with E-state index in [2.05, 4.69) is 31.5 Å². The molecule has 0 bridgehead atoms. The average molecular weight is 369 g/mol. The molecule has 3 aromatic rings. The number of likely N-dealkylation sites (tertiary alicyclic amines) is 1. The van der Waals surface area contributed by atoms with Crippen LogP contribution in [0.1, 0.15) is 62.0 Å². The predicted molar refractivity (Wildman–Crippen MR) is 98.9 cm³/mol. The summed E-state index contributed by atoms with van der Waals surface area (Å²) < 4.78 is 21.7. The summed E-state index contributed by atoms with van der Waals surface area (Å²) in [5.41, 5.74) is 1.34. The van der Waals surface area contributed by atoms with E-state index in [1.807, 2.05) is 6.07 Å². The van der Waals surface area contributed by atoms with Crippen LogP contribution < -0.4 is 0 Å². The lowest BCUT2D eigenvalue weighted by molar-refractivity contribution is 0.189. The number of hydrogen-bond acceptors (Lipinski definition) is 5. The number of halogens is 1. The first-order valence-electron chi connectivity index (χ1n) is 9.92. The molecule has 3 heterocycles. The minimum Gasteiger partial charge on any atom is -0.339 e. The van der Waals surface area contributed by atoms with Gasteiger partial charge in [-0.15, -0.1) is 0 Å². The Labute approximate surface area is 157 Å². The van der Waals surface area contributed by atoms with E-state index >= 15 is 0 Å². The summed E-state index contributed by atoms with van der Waals surface area (Å²) in [6.45, 7) is 5.47. The summed E-state index contributed by atoms with van der Waals surface area (Å²) in [5, 5.41) is 4.24. The summed E-state index contributed by atoms with van der Waals surface area (Å²) in [5.74, 6) is 3.11. The lowest BCUT2D eigenvalue weighted by atomic mass is 9.97. The SMILES string of the molecule is CCn1c(CN2CCCC(c3noc(C4CC4)n3)C2)nc2c(F)cccc21. The van der Waals surface area contributed by atoms with Crippen molar-refractivity contribution in [3.8, 4) is 0 Å². The lowest BCUT2D eigenvalue weighted by Gasteiger charge is -2.30. The van der Waals surface area contributed by atoms with Crippen molar-refractivity contribution in [3.63, 3.8) is 0 Å². The van der Waals surface area contributed by atoms with Crippen LogP contribution in [0, 0.1) is 5.82 Å². The van der Waals surface area contributed by atoms with Crippen LogP contribution >= 0.6 is 0 Å². The molecule has 0 radical (unpaired) electrons. The number of hydrogen-bond donors (Lipinski definition) is 0. The molecule has 1 aromatic carbocycles. The highest BCUT2D eigenvalue weighted by Gasteiger charge is 2.32. The molecule has 1 saturated heterocycles. The van der Waals surface area contributed by atoms with Gasteiger partial charge in [-0.2, -0.15) is 4.98 Å². The van der Waals surface area contributed by atoms with E-state index in [1.54, 1.807) is 6.07 Å². The summed E-state index contributed by atoms with van der Waals surface area (Å²) in [6.07, 6.45) is 4.52. The Balaban J connectivity index is 1.35. The van der Waals surface area contributed by atoms with Crippen molar-refractivity contribution in [1.29, 1.82) is 0 Å². The summed E-state index contributed by atoms with van der Waals surface area (Å²) in [7, 11) is 0. The van der Waals surface area contributed by atoms with Crippen LogP contribution in [0.5, 0.6) is 0 Å². The van der Waals surface area contributed by atoms with Crippen molar-refractivity contribution in [2.24, 2.45) is 0 Å². The van der Waals surface area contributed by atoms with Crippen LogP contribution in [-0.4, -0.2) is 37.7 Å². The molecule has 1 aliphatic carbocycles. The molecule has 2 aliphatic rings. The third-order valence-corrected chi connectivity index (χ3v) is 5.74. The maximum Gasteiger partial charge on any atom is 0.229 e. The van der Waals surface area contributed by atoms with E-state index in [-0.39, 0.29) is 5.82 Å². The molecule has 27 heavy (non-hydrogen) atoms. The van der Waals surface area contributed by atoms with E-state index in [1.165, 1.54) is 18.9 Å². The largest absolute Gasteiger partial charge is 0.339 e. The number of benzene rings is 1. The Morgan fingerprint density at radius 2 is 2.07 bits per heavy atom. The zero-order chi connectivity index (χ0) is 18.4. The number of piperidine rings is 1. The molecule has 1 aliphatic heterocycles. The first-order valence-corrected chi connectivity index (χ1v) is 9.92. The fourth-order valence-corrected chi connectivity index (χ4v) is 4.15. The van der Waals surface area contributed by atoms with E-state index in [0.717, 1.165) is 55.5 Å². The number of aromatic nitrogens is 4. The van der Waals surface area contributed by atoms with Gasteiger partial charge in [0.05, 0.1) is 12.1 Å². The second kappa shape index (κ2) is 6.71. The molecule has 2 fully saturated rings. The number of rotatable bonds is 5. The second-order valence-electron chi connectivity index (χ2n) is 7.72. The van der Waals surface area contributed by atoms with Crippen LogP contribution in [0.15, 0.2) is 22.7 Å². The van der Waals surface area contributed by atoms with Crippen LogP contribution in [-0.2, 0) is 13.1 Å². The van der Waals surface area contributed by atoms with Gasteiger partial charge in [-0.3, -0.25) is 4.90 Å². The first kappa shape index (κ1) is 16.9. The van der Waals surface area contributed by atoms with Crippen molar-refractivity contribution < 1.29 is 8.91 Å². The Bertz CT molecular complexity index is 961. The topological polar surface area (TPSA) is 60.0 Å². The maximum atomic E-state index is 14.1. The smallest absolute Gasteiger partial charge is 0.229 e.